The Morgan fingerprint density at radius 3 is 2.53 bits per heavy atom. The second kappa shape index (κ2) is 6.36. The molecule has 0 aliphatic heterocycles. The molecule has 0 aromatic carbocycles. The molecule has 106 valence electrons. The maximum absolute atomic E-state index is 12.3. The minimum atomic E-state index is -1.00. The van der Waals surface area contributed by atoms with Gasteiger partial charge in [-0.1, -0.05) is 6.92 Å². The Labute approximate surface area is 113 Å². The number of nitrogens with zero attached hydrogens (tertiary/aromatic N) is 3. The summed E-state index contributed by atoms with van der Waals surface area (Å²) in [4.78, 5) is 24.5. The van der Waals surface area contributed by atoms with Crippen molar-refractivity contribution in [3.8, 4) is 0 Å². The molecule has 6 nitrogen and oxygen atoms in total. The van der Waals surface area contributed by atoms with E-state index in [-0.39, 0.29) is 18.5 Å². The smallest absolute Gasteiger partial charge is 0.323 e. The summed E-state index contributed by atoms with van der Waals surface area (Å²) in [7, 11) is 0. The molecular weight excluding hydrogens is 246 g/mol. The third-order valence-corrected chi connectivity index (χ3v) is 2.87. The number of rotatable bonds is 6. The van der Waals surface area contributed by atoms with E-state index in [1.807, 2.05) is 27.7 Å². The molecule has 0 saturated heterocycles. The molecular formula is C13H21N3O3. The molecule has 0 radical (unpaired) electrons. The highest BCUT2D eigenvalue weighted by Crippen LogP contribution is 2.15. The van der Waals surface area contributed by atoms with Gasteiger partial charge in [-0.3, -0.25) is 14.3 Å². The van der Waals surface area contributed by atoms with E-state index in [0.29, 0.717) is 12.1 Å². The molecule has 0 spiro atoms. The van der Waals surface area contributed by atoms with E-state index in [4.69, 9.17) is 5.11 Å². The Morgan fingerprint density at radius 2 is 2.11 bits per heavy atom. The average molecular weight is 267 g/mol. The molecule has 1 heterocycles. The van der Waals surface area contributed by atoms with Crippen molar-refractivity contribution < 1.29 is 14.7 Å². The zero-order valence-corrected chi connectivity index (χ0v) is 11.9. The van der Waals surface area contributed by atoms with E-state index < -0.39 is 5.97 Å². The van der Waals surface area contributed by atoms with Gasteiger partial charge in [0.15, 0.2) is 0 Å². The minimum absolute atomic E-state index is 0.167. The predicted molar refractivity (Wildman–Crippen MR) is 71.2 cm³/mol. The number of carbonyl (C=O) groups is 2. The first-order valence-electron chi connectivity index (χ1n) is 6.43. The topological polar surface area (TPSA) is 75.4 Å². The molecule has 1 N–H and O–H groups in total. The zero-order chi connectivity index (χ0) is 14.6. The molecule has 0 unspecified atom stereocenters. The van der Waals surface area contributed by atoms with Gasteiger partial charge in [0.25, 0.3) is 5.91 Å². The highest BCUT2D eigenvalue weighted by atomic mass is 16.4. The lowest BCUT2D eigenvalue weighted by molar-refractivity contribution is -0.137. The molecule has 19 heavy (non-hydrogen) atoms. The van der Waals surface area contributed by atoms with Gasteiger partial charge >= 0.3 is 5.97 Å². The molecule has 0 aliphatic carbocycles. The summed E-state index contributed by atoms with van der Waals surface area (Å²) in [5.74, 6) is -1.27. The van der Waals surface area contributed by atoms with Crippen molar-refractivity contribution in [2.45, 2.75) is 40.2 Å². The number of carboxylic acid groups (broad SMARTS) is 1. The van der Waals surface area contributed by atoms with E-state index in [1.165, 1.54) is 11.1 Å². The van der Waals surface area contributed by atoms with Crippen LogP contribution in [0.5, 0.6) is 0 Å². The SMILES string of the molecule is CCCN(CC(=O)O)C(=O)c1cnn(C(C)C)c1C. The van der Waals surface area contributed by atoms with E-state index in [9.17, 15) is 9.59 Å². The van der Waals surface area contributed by atoms with Crippen LogP contribution in [0, 0.1) is 6.92 Å². The summed E-state index contributed by atoms with van der Waals surface area (Å²) in [6, 6.07) is 0.167. The lowest BCUT2D eigenvalue weighted by Gasteiger charge is -2.19. The maximum atomic E-state index is 12.3. The number of hydrogen-bond acceptors (Lipinski definition) is 3. The summed E-state index contributed by atoms with van der Waals surface area (Å²) in [6.07, 6.45) is 2.23. The van der Waals surface area contributed by atoms with Crippen LogP contribution in [-0.4, -0.2) is 44.8 Å². The van der Waals surface area contributed by atoms with E-state index in [1.54, 1.807) is 4.68 Å². The summed E-state index contributed by atoms with van der Waals surface area (Å²) in [5, 5.41) is 13.0. The second-order valence-electron chi connectivity index (χ2n) is 4.80. The first-order chi connectivity index (χ1) is 8.88. The molecule has 0 fully saturated rings. The highest BCUT2D eigenvalue weighted by molar-refractivity contribution is 5.96. The Hall–Kier alpha value is -1.85. The van der Waals surface area contributed by atoms with Crippen LogP contribution in [0.15, 0.2) is 6.20 Å². The Bertz CT molecular complexity index is 466. The van der Waals surface area contributed by atoms with Gasteiger partial charge in [-0.25, -0.2) is 0 Å². The van der Waals surface area contributed by atoms with Gasteiger partial charge in [-0.2, -0.15) is 5.10 Å². The molecule has 1 amide bonds. The highest BCUT2D eigenvalue weighted by Gasteiger charge is 2.22. The van der Waals surface area contributed by atoms with Crippen LogP contribution in [-0.2, 0) is 4.79 Å². The number of carboxylic acids is 1. The first kappa shape index (κ1) is 15.2. The van der Waals surface area contributed by atoms with Crippen LogP contribution in [0.1, 0.15) is 49.3 Å². The minimum Gasteiger partial charge on any atom is -0.480 e. The standard InChI is InChI=1S/C13H21N3O3/c1-5-6-15(8-12(17)18)13(19)11-7-14-16(9(2)3)10(11)4/h7,9H,5-6,8H2,1-4H3,(H,17,18). The number of carbonyl (C=O) groups excluding carboxylic acids is 1. The van der Waals surface area contributed by atoms with Gasteiger partial charge in [0.2, 0.25) is 0 Å². The molecule has 6 heteroatoms. The quantitative estimate of drug-likeness (QED) is 0.851. The third kappa shape index (κ3) is 3.56. The predicted octanol–water partition coefficient (Wildman–Crippen LogP) is 1.71. The summed E-state index contributed by atoms with van der Waals surface area (Å²) in [5.41, 5.74) is 1.25. The van der Waals surface area contributed by atoms with Gasteiger partial charge < -0.3 is 10.0 Å². The molecule has 0 atom stereocenters. The molecule has 1 aromatic heterocycles. The van der Waals surface area contributed by atoms with Crippen molar-refractivity contribution in [3.05, 3.63) is 17.5 Å². The molecule has 1 rings (SSSR count). The van der Waals surface area contributed by atoms with E-state index in [0.717, 1.165) is 12.1 Å². The molecule has 0 bridgehead atoms. The second-order valence-corrected chi connectivity index (χ2v) is 4.80. The van der Waals surface area contributed by atoms with E-state index >= 15 is 0 Å². The van der Waals surface area contributed by atoms with Gasteiger partial charge in [0, 0.05) is 18.3 Å². The van der Waals surface area contributed by atoms with Crippen molar-refractivity contribution in [3.63, 3.8) is 0 Å². The van der Waals surface area contributed by atoms with Crippen molar-refractivity contribution in [1.29, 1.82) is 0 Å². The summed E-state index contributed by atoms with van der Waals surface area (Å²) in [6.45, 7) is 7.85. The van der Waals surface area contributed by atoms with E-state index in [2.05, 4.69) is 5.10 Å². The largest absolute Gasteiger partial charge is 0.480 e. The first-order valence-corrected chi connectivity index (χ1v) is 6.43. The Kier molecular flexibility index (Phi) is 5.09. The summed E-state index contributed by atoms with van der Waals surface area (Å²) < 4.78 is 1.76. The number of amides is 1. The maximum Gasteiger partial charge on any atom is 0.323 e. The summed E-state index contributed by atoms with van der Waals surface area (Å²) >= 11 is 0. The Balaban J connectivity index is 2.99. The lowest BCUT2D eigenvalue weighted by atomic mass is 10.2. The zero-order valence-electron chi connectivity index (χ0n) is 11.9. The van der Waals surface area contributed by atoms with Crippen molar-refractivity contribution in [2.24, 2.45) is 0 Å². The molecule has 0 aliphatic rings. The van der Waals surface area contributed by atoms with Crippen molar-refractivity contribution in [1.82, 2.24) is 14.7 Å². The number of aromatic nitrogens is 2. The Morgan fingerprint density at radius 1 is 1.47 bits per heavy atom. The lowest BCUT2D eigenvalue weighted by Crippen LogP contribution is -2.36. The number of aliphatic carboxylic acids is 1. The molecule has 0 saturated carbocycles. The van der Waals surface area contributed by atoms with Crippen LogP contribution in [0.2, 0.25) is 0 Å². The monoisotopic (exact) mass is 267 g/mol. The van der Waals surface area contributed by atoms with Gasteiger partial charge in [0.05, 0.1) is 11.8 Å². The van der Waals surface area contributed by atoms with Crippen LogP contribution in [0.4, 0.5) is 0 Å². The van der Waals surface area contributed by atoms with Crippen molar-refractivity contribution >= 4 is 11.9 Å². The van der Waals surface area contributed by atoms with Crippen LogP contribution in [0.3, 0.4) is 0 Å². The van der Waals surface area contributed by atoms with Crippen LogP contribution < -0.4 is 0 Å². The van der Waals surface area contributed by atoms with Crippen LogP contribution >= 0.6 is 0 Å². The van der Waals surface area contributed by atoms with Crippen LogP contribution in [0.25, 0.3) is 0 Å². The average Bonchev–Trinajstić information content (AvgIpc) is 2.69. The van der Waals surface area contributed by atoms with Gasteiger partial charge in [0.1, 0.15) is 6.54 Å². The fourth-order valence-electron chi connectivity index (χ4n) is 2.01. The van der Waals surface area contributed by atoms with Gasteiger partial charge in [-0.05, 0) is 27.2 Å². The molecule has 1 aromatic rings. The van der Waals surface area contributed by atoms with Crippen molar-refractivity contribution in [2.75, 3.05) is 13.1 Å². The normalized spacial score (nSPS) is 10.8. The fourth-order valence-corrected chi connectivity index (χ4v) is 2.01. The fraction of sp³-hybridized carbons (Fsp3) is 0.615. The number of hydrogen-bond donors (Lipinski definition) is 1. The third-order valence-electron chi connectivity index (χ3n) is 2.87. The van der Waals surface area contributed by atoms with Gasteiger partial charge in [-0.15, -0.1) is 0 Å².